The molecule has 1 aliphatic carbocycles. The predicted octanol–water partition coefficient (Wildman–Crippen LogP) is 1.59. The highest BCUT2D eigenvalue weighted by Gasteiger charge is 2.57. The van der Waals surface area contributed by atoms with Crippen molar-refractivity contribution < 1.29 is 5.11 Å². The van der Waals surface area contributed by atoms with Crippen LogP contribution in [0.1, 0.15) is 31.2 Å². The van der Waals surface area contributed by atoms with Crippen LogP contribution in [0.15, 0.2) is 30.3 Å². The molecule has 25 heavy (non-hydrogen) atoms. The Morgan fingerprint density at radius 1 is 1.00 bits per heavy atom. The van der Waals surface area contributed by atoms with E-state index in [0.29, 0.717) is 11.6 Å². The van der Waals surface area contributed by atoms with Crippen LogP contribution in [-0.4, -0.2) is 82.8 Å². The standard InChI is InChI=1S/C21H31N3O/c25-20-11-19-12-22(10-9-17-5-2-1-3-6-17)14-21(24(19)13-20)15-23(16-21)18-7-4-8-18/h1-3,5-6,18-20,25H,4,7-16H2/t19-,20+/m0/s1. The van der Waals surface area contributed by atoms with Gasteiger partial charge in [0.25, 0.3) is 0 Å². The number of nitrogens with zero attached hydrogens (tertiary/aromatic N) is 3. The first-order valence-corrected chi connectivity index (χ1v) is 10.2. The molecule has 1 aromatic rings. The zero-order valence-electron chi connectivity index (χ0n) is 15.2. The minimum Gasteiger partial charge on any atom is -0.392 e. The van der Waals surface area contributed by atoms with E-state index in [9.17, 15) is 5.11 Å². The van der Waals surface area contributed by atoms with Gasteiger partial charge in [0.15, 0.2) is 0 Å². The van der Waals surface area contributed by atoms with Gasteiger partial charge in [-0.2, -0.15) is 0 Å². The number of rotatable bonds is 4. The van der Waals surface area contributed by atoms with Crippen molar-refractivity contribution in [2.75, 3.05) is 39.3 Å². The third-order valence-corrected chi connectivity index (χ3v) is 7.13. The maximum absolute atomic E-state index is 10.3. The van der Waals surface area contributed by atoms with E-state index >= 15 is 0 Å². The summed E-state index contributed by atoms with van der Waals surface area (Å²) in [6, 6.07) is 12.3. The van der Waals surface area contributed by atoms with Crippen LogP contribution in [0.2, 0.25) is 0 Å². The smallest absolute Gasteiger partial charge is 0.0682 e. The highest BCUT2D eigenvalue weighted by Crippen LogP contribution is 2.42. The number of benzene rings is 1. The summed E-state index contributed by atoms with van der Waals surface area (Å²) in [5, 5.41) is 10.3. The largest absolute Gasteiger partial charge is 0.392 e. The van der Waals surface area contributed by atoms with Crippen LogP contribution < -0.4 is 0 Å². The van der Waals surface area contributed by atoms with Gasteiger partial charge in [0, 0.05) is 51.4 Å². The number of aliphatic hydroxyl groups is 1. The molecule has 1 saturated carbocycles. The number of hydrogen-bond donors (Lipinski definition) is 1. The SMILES string of the molecule is O[C@@H]1C[C@H]2CN(CCc3ccccc3)CC3(CN(C4CCC4)C3)N2C1. The average Bonchev–Trinajstić information content (AvgIpc) is 2.91. The first kappa shape index (κ1) is 16.2. The van der Waals surface area contributed by atoms with Crippen LogP contribution >= 0.6 is 0 Å². The summed E-state index contributed by atoms with van der Waals surface area (Å²) >= 11 is 0. The molecule has 2 atom stereocenters. The second kappa shape index (κ2) is 6.34. The number of piperazine rings is 1. The van der Waals surface area contributed by atoms with Crippen molar-refractivity contribution in [2.45, 2.75) is 55.8 Å². The van der Waals surface area contributed by atoms with Crippen LogP contribution in [0, 0.1) is 0 Å². The molecule has 3 heterocycles. The van der Waals surface area contributed by atoms with Gasteiger partial charge >= 0.3 is 0 Å². The summed E-state index contributed by atoms with van der Waals surface area (Å²) in [6.45, 7) is 6.82. The molecule has 5 rings (SSSR count). The molecule has 0 unspecified atom stereocenters. The lowest BCUT2D eigenvalue weighted by atomic mass is 9.79. The molecule has 4 nitrogen and oxygen atoms in total. The van der Waals surface area contributed by atoms with Crippen molar-refractivity contribution in [1.29, 1.82) is 0 Å². The van der Waals surface area contributed by atoms with Crippen LogP contribution in [0.5, 0.6) is 0 Å². The topological polar surface area (TPSA) is 30.0 Å². The van der Waals surface area contributed by atoms with Crippen LogP contribution in [0.25, 0.3) is 0 Å². The Hall–Kier alpha value is -0.940. The van der Waals surface area contributed by atoms with E-state index in [1.54, 1.807) is 0 Å². The van der Waals surface area contributed by atoms with Crippen molar-refractivity contribution in [1.82, 2.24) is 14.7 Å². The number of hydrogen-bond acceptors (Lipinski definition) is 4. The lowest BCUT2D eigenvalue weighted by Crippen LogP contribution is -2.79. The summed E-state index contributed by atoms with van der Waals surface area (Å²) in [5.74, 6) is 0. The first-order chi connectivity index (χ1) is 12.2. The van der Waals surface area contributed by atoms with Crippen LogP contribution in [-0.2, 0) is 6.42 Å². The summed E-state index contributed by atoms with van der Waals surface area (Å²) < 4.78 is 0. The van der Waals surface area contributed by atoms with E-state index < -0.39 is 0 Å². The minimum atomic E-state index is -0.117. The second-order valence-electron chi connectivity index (χ2n) is 8.88. The lowest BCUT2D eigenvalue weighted by Gasteiger charge is -2.63. The molecule has 1 aromatic carbocycles. The molecule has 4 heteroatoms. The Morgan fingerprint density at radius 3 is 2.52 bits per heavy atom. The molecule has 3 aliphatic heterocycles. The van der Waals surface area contributed by atoms with Gasteiger partial charge in [0.2, 0.25) is 0 Å². The van der Waals surface area contributed by atoms with Gasteiger partial charge in [-0.05, 0) is 31.2 Å². The van der Waals surface area contributed by atoms with Crippen molar-refractivity contribution in [3.05, 3.63) is 35.9 Å². The van der Waals surface area contributed by atoms with Gasteiger partial charge in [-0.25, -0.2) is 0 Å². The maximum atomic E-state index is 10.3. The molecule has 0 aromatic heterocycles. The summed E-state index contributed by atoms with van der Waals surface area (Å²) in [6.07, 6.45) is 6.21. The maximum Gasteiger partial charge on any atom is 0.0682 e. The van der Waals surface area contributed by atoms with Crippen LogP contribution in [0.3, 0.4) is 0 Å². The van der Waals surface area contributed by atoms with Crippen molar-refractivity contribution in [3.63, 3.8) is 0 Å². The molecule has 0 radical (unpaired) electrons. The molecular weight excluding hydrogens is 310 g/mol. The van der Waals surface area contributed by atoms with Gasteiger partial charge in [0.05, 0.1) is 11.6 Å². The number of β-amino-alcohol motifs (C(OH)–C–C–N with tert-alkyl or cyclic N) is 1. The molecular formula is C21H31N3O. The highest BCUT2D eigenvalue weighted by molar-refractivity contribution is 5.17. The Morgan fingerprint density at radius 2 is 1.80 bits per heavy atom. The Labute approximate surface area is 151 Å². The van der Waals surface area contributed by atoms with E-state index in [1.807, 2.05) is 0 Å². The van der Waals surface area contributed by atoms with E-state index in [4.69, 9.17) is 0 Å². The predicted molar refractivity (Wildman–Crippen MR) is 99.6 cm³/mol. The molecule has 136 valence electrons. The Balaban J connectivity index is 1.26. The monoisotopic (exact) mass is 341 g/mol. The molecule has 4 aliphatic rings. The zero-order valence-corrected chi connectivity index (χ0v) is 15.2. The van der Waals surface area contributed by atoms with E-state index in [0.717, 1.165) is 38.5 Å². The third kappa shape index (κ3) is 2.93. The fourth-order valence-electron chi connectivity index (χ4n) is 5.62. The van der Waals surface area contributed by atoms with E-state index in [2.05, 4.69) is 45.0 Å². The first-order valence-electron chi connectivity index (χ1n) is 10.2. The van der Waals surface area contributed by atoms with Crippen molar-refractivity contribution in [3.8, 4) is 0 Å². The molecule has 1 spiro atoms. The van der Waals surface area contributed by atoms with Gasteiger partial charge in [-0.3, -0.25) is 14.7 Å². The zero-order chi connectivity index (χ0) is 16.9. The van der Waals surface area contributed by atoms with Crippen molar-refractivity contribution >= 4 is 0 Å². The average molecular weight is 341 g/mol. The molecule has 3 saturated heterocycles. The second-order valence-corrected chi connectivity index (χ2v) is 8.88. The summed E-state index contributed by atoms with van der Waals surface area (Å²) in [7, 11) is 0. The summed E-state index contributed by atoms with van der Waals surface area (Å²) in [4.78, 5) is 8.09. The fraction of sp³-hybridized carbons (Fsp3) is 0.714. The summed E-state index contributed by atoms with van der Waals surface area (Å²) in [5.41, 5.74) is 1.75. The van der Waals surface area contributed by atoms with E-state index in [1.165, 1.54) is 44.5 Å². The van der Waals surface area contributed by atoms with Gasteiger partial charge in [-0.15, -0.1) is 0 Å². The van der Waals surface area contributed by atoms with Crippen LogP contribution in [0.4, 0.5) is 0 Å². The Bertz CT molecular complexity index is 596. The molecule has 4 fully saturated rings. The van der Waals surface area contributed by atoms with Gasteiger partial charge < -0.3 is 5.11 Å². The van der Waals surface area contributed by atoms with Gasteiger partial charge in [0.1, 0.15) is 0 Å². The highest BCUT2D eigenvalue weighted by atomic mass is 16.3. The fourth-order valence-corrected chi connectivity index (χ4v) is 5.62. The Kier molecular flexibility index (Phi) is 4.12. The third-order valence-electron chi connectivity index (χ3n) is 7.13. The lowest BCUT2D eigenvalue weighted by molar-refractivity contribution is -0.135. The van der Waals surface area contributed by atoms with Crippen molar-refractivity contribution in [2.24, 2.45) is 0 Å². The number of aliphatic hydroxyl groups excluding tert-OH is 1. The molecule has 1 N–H and O–H groups in total. The normalized spacial score (nSPS) is 33.2. The number of fused-ring (bicyclic) bond motifs is 2. The molecule has 0 amide bonds. The minimum absolute atomic E-state index is 0.117. The van der Waals surface area contributed by atoms with Gasteiger partial charge in [-0.1, -0.05) is 36.8 Å². The molecule has 0 bridgehead atoms. The number of likely N-dealkylation sites (tertiary alicyclic amines) is 1. The van der Waals surface area contributed by atoms with E-state index in [-0.39, 0.29) is 6.10 Å². The quantitative estimate of drug-likeness (QED) is 0.901.